The van der Waals surface area contributed by atoms with Gasteiger partial charge in [0.2, 0.25) is 0 Å². The second kappa shape index (κ2) is 8.95. The van der Waals surface area contributed by atoms with Gasteiger partial charge >= 0.3 is 0 Å². The second-order valence-electron chi connectivity index (χ2n) is 3.94. The summed E-state index contributed by atoms with van der Waals surface area (Å²) in [6, 6.07) is 11.2. The van der Waals surface area contributed by atoms with Crippen LogP contribution in [0.3, 0.4) is 0 Å². The molecule has 20 heavy (non-hydrogen) atoms. The zero-order chi connectivity index (χ0) is 14.8. The molecule has 0 unspecified atom stereocenters. The van der Waals surface area contributed by atoms with Gasteiger partial charge in [-0.05, 0) is 18.2 Å². The van der Waals surface area contributed by atoms with Crippen LogP contribution < -0.4 is 4.74 Å². The topological polar surface area (TPSA) is 77.1 Å². The predicted molar refractivity (Wildman–Crippen MR) is 76.7 cm³/mol. The number of carbonyl (C=O) groups is 1. The molecule has 5 nitrogen and oxygen atoms in total. The Morgan fingerprint density at radius 3 is 2.45 bits per heavy atom. The number of rotatable bonds is 7. The first kappa shape index (κ1) is 16.0. The molecule has 0 aliphatic carbocycles. The maximum Gasteiger partial charge on any atom is 0.260 e. The van der Waals surface area contributed by atoms with Crippen molar-refractivity contribution in [1.82, 2.24) is 4.90 Å². The molecule has 0 bridgehead atoms. The van der Waals surface area contributed by atoms with Crippen molar-refractivity contribution in [2.45, 2.75) is 12.8 Å². The van der Waals surface area contributed by atoms with Gasteiger partial charge in [0.25, 0.3) is 5.91 Å². The summed E-state index contributed by atoms with van der Waals surface area (Å²) in [6.07, 6.45) is 0.488. The summed E-state index contributed by atoms with van der Waals surface area (Å²) in [5.41, 5.74) is 0. The first-order chi connectivity index (χ1) is 9.67. The van der Waals surface area contributed by atoms with Gasteiger partial charge in [0.05, 0.1) is 25.0 Å². The molecule has 0 atom stereocenters. The predicted octanol–water partition coefficient (Wildman–Crippen LogP) is 2.48. The highest BCUT2D eigenvalue weighted by atomic mass is 79.9. The second-order valence-corrected chi connectivity index (χ2v) is 4.86. The van der Waals surface area contributed by atoms with Crippen molar-refractivity contribution < 1.29 is 9.53 Å². The maximum absolute atomic E-state index is 12.0. The lowest BCUT2D eigenvalue weighted by molar-refractivity contribution is -0.133. The Hall–Kier alpha value is -2.05. The standard InChI is InChI=1S/C14H14BrN3O2/c15-12-4-1-5-13(10-12)20-11-14(19)18(8-2-6-16)9-3-7-17/h1,4-5,10H,2-3,8-9,11H2. The number of hydrogen-bond donors (Lipinski definition) is 0. The number of benzene rings is 1. The molecule has 0 aliphatic rings. The molecule has 6 heteroatoms. The molecule has 1 amide bonds. The number of nitriles is 2. The van der Waals surface area contributed by atoms with E-state index in [1.165, 1.54) is 4.90 Å². The molecule has 0 radical (unpaired) electrons. The molecule has 0 saturated carbocycles. The number of halogens is 1. The van der Waals surface area contributed by atoms with Crippen LogP contribution in [0.1, 0.15) is 12.8 Å². The minimum absolute atomic E-state index is 0.104. The smallest absolute Gasteiger partial charge is 0.260 e. The Labute approximate surface area is 126 Å². The van der Waals surface area contributed by atoms with Gasteiger partial charge in [0.15, 0.2) is 6.61 Å². The van der Waals surface area contributed by atoms with Crippen molar-refractivity contribution in [2.75, 3.05) is 19.7 Å². The van der Waals surface area contributed by atoms with Gasteiger partial charge < -0.3 is 9.64 Å². The summed E-state index contributed by atoms with van der Waals surface area (Å²) in [5.74, 6) is 0.365. The van der Waals surface area contributed by atoms with E-state index in [-0.39, 0.29) is 25.4 Å². The Morgan fingerprint density at radius 1 is 1.25 bits per heavy atom. The van der Waals surface area contributed by atoms with Crippen molar-refractivity contribution in [3.63, 3.8) is 0 Å². The van der Waals surface area contributed by atoms with Crippen molar-refractivity contribution in [3.8, 4) is 17.9 Å². The van der Waals surface area contributed by atoms with E-state index in [0.29, 0.717) is 18.8 Å². The molecule has 104 valence electrons. The first-order valence-corrected chi connectivity index (χ1v) is 6.86. The van der Waals surface area contributed by atoms with Gasteiger partial charge in [-0.25, -0.2) is 0 Å². The van der Waals surface area contributed by atoms with Crippen LogP contribution >= 0.6 is 15.9 Å². The van der Waals surface area contributed by atoms with Gasteiger partial charge in [-0.15, -0.1) is 0 Å². The number of hydrogen-bond acceptors (Lipinski definition) is 4. The number of amides is 1. The van der Waals surface area contributed by atoms with Gasteiger partial charge in [-0.1, -0.05) is 22.0 Å². The lowest BCUT2D eigenvalue weighted by atomic mass is 10.3. The Balaban J connectivity index is 2.53. The highest BCUT2D eigenvalue weighted by Gasteiger charge is 2.13. The van der Waals surface area contributed by atoms with Gasteiger partial charge in [-0.3, -0.25) is 4.79 Å². The van der Waals surface area contributed by atoms with Crippen LogP contribution in [-0.4, -0.2) is 30.5 Å². The van der Waals surface area contributed by atoms with E-state index in [1.807, 2.05) is 24.3 Å². The summed E-state index contributed by atoms with van der Waals surface area (Å²) in [6.45, 7) is 0.533. The SMILES string of the molecule is N#CCCN(CCC#N)C(=O)COc1cccc(Br)c1. The van der Waals surface area contributed by atoms with Crippen LogP contribution in [0.5, 0.6) is 5.75 Å². The quantitative estimate of drug-likeness (QED) is 0.766. The molecule has 0 saturated heterocycles. The third-order valence-corrected chi connectivity index (χ3v) is 2.99. The fourth-order valence-electron chi connectivity index (χ4n) is 1.52. The number of carbonyl (C=O) groups excluding carboxylic acids is 1. The van der Waals surface area contributed by atoms with Gasteiger partial charge in [-0.2, -0.15) is 10.5 Å². The van der Waals surface area contributed by atoms with E-state index >= 15 is 0 Å². The van der Waals surface area contributed by atoms with Crippen LogP contribution in [0.15, 0.2) is 28.7 Å². The van der Waals surface area contributed by atoms with Crippen molar-refractivity contribution in [1.29, 1.82) is 10.5 Å². The molecule has 1 rings (SSSR count). The summed E-state index contributed by atoms with van der Waals surface area (Å²) >= 11 is 3.32. The highest BCUT2D eigenvalue weighted by molar-refractivity contribution is 9.10. The molecule has 0 heterocycles. The summed E-state index contributed by atoms with van der Waals surface area (Å²) < 4.78 is 6.27. The van der Waals surface area contributed by atoms with E-state index in [9.17, 15) is 4.79 Å². The first-order valence-electron chi connectivity index (χ1n) is 6.07. The van der Waals surface area contributed by atoms with E-state index in [4.69, 9.17) is 15.3 Å². The van der Waals surface area contributed by atoms with Crippen LogP contribution in [0, 0.1) is 22.7 Å². The van der Waals surface area contributed by atoms with E-state index in [2.05, 4.69) is 15.9 Å². The minimum Gasteiger partial charge on any atom is -0.484 e. The lowest BCUT2D eigenvalue weighted by Crippen LogP contribution is -2.36. The number of nitrogens with zero attached hydrogens (tertiary/aromatic N) is 3. The van der Waals surface area contributed by atoms with Crippen LogP contribution in [0.4, 0.5) is 0 Å². The minimum atomic E-state index is -0.226. The van der Waals surface area contributed by atoms with Crippen LogP contribution in [0.25, 0.3) is 0 Å². The molecular weight excluding hydrogens is 322 g/mol. The van der Waals surface area contributed by atoms with Crippen molar-refractivity contribution in [2.24, 2.45) is 0 Å². The van der Waals surface area contributed by atoms with Crippen LogP contribution in [-0.2, 0) is 4.79 Å². The Bertz CT molecular complexity index is 516. The van der Waals surface area contributed by atoms with Gasteiger partial charge in [0.1, 0.15) is 5.75 Å². The monoisotopic (exact) mass is 335 g/mol. The maximum atomic E-state index is 12.0. The molecule has 1 aromatic carbocycles. The molecule has 0 aromatic heterocycles. The molecular formula is C14H14BrN3O2. The zero-order valence-corrected chi connectivity index (χ0v) is 12.5. The van der Waals surface area contributed by atoms with Crippen LogP contribution in [0.2, 0.25) is 0 Å². The lowest BCUT2D eigenvalue weighted by Gasteiger charge is -2.20. The van der Waals surface area contributed by atoms with Gasteiger partial charge in [0, 0.05) is 17.6 Å². The summed E-state index contributed by atoms with van der Waals surface area (Å²) in [5, 5.41) is 17.1. The third-order valence-electron chi connectivity index (χ3n) is 2.50. The van der Waals surface area contributed by atoms with E-state index in [0.717, 1.165) is 4.47 Å². The average molecular weight is 336 g/mol. The molecule has 1 aromatic rings. The summed E-state index contributed by atoms with van der Waals surface area (Å²) in [7, 11) is 0. The molecule has 0 fully saturated rings. The molecule has 0 N–H and O–H groups in total. The third kappa shape index (κ3) is 5.73. The normalized spacial score (nSPS) is 9.35. The fourth-order valence-corrected chi connectivity index (χ4v) is 1.90. The highest BCUT2D eigenvalue weighted by Crippen LogP contribution is 2.17. The number of ether oxygens (including phenoxy) is 1. The Morgan fingerprint density at radius 2 is 1.90 bits per heavy atom. The molecule has 0 aliphatic heterocycles. The fraction of sp³-hybridized carbons (Fsp3) is 0.357. The van der Waals surface area contributed by atoms with Crippen molar-refractivity contribution >= 4 is 21.8 Å². The largest absolute Gasteiger partial charge is 0.484 e. The van der Waals surface area contributed by atoms with Crippen molar-refractivity contribution in [3.05, 3.63) is 28.7 Å². The molecule has 0 spiro atoms. The Kier molecular flexibility index (Phi) is 7.16. The zero-order valence-electron chi connectivity index (χ0n) is 10.9. The summed E-state index contributed by atoms with van der Waals surface area (Å²) in [4.78, 5) is 13.5. The van der Waals surface area contributed by atoms with E-state index < -0.39 is 0 Å². The average Bonchev–Trinajstić information content (AvgIpc) is 2.45. The van der Waals surface area contributed by atoms with E-state index in [1.54, 1.807) is 12.1 Å².